The summed E-state index contributed by atoms with van der Waals surface area (Å²) in [4.78, 5) is 13.1. The number of anilines is 2. The van der Waals surface area contributed by atoms with Crippen LogP contribution in [0.25, 0.3) is 0 Å². The van der Waals surface area contributed by atoms with Crippen LogP contribution in [-0.4, -0.2) is 34.1 Å². The standard InChI is InChI=1S/C23H22N2O5S/c1-29-16-17-8-7-9-18(14-17)24-23(26)22-15-25(20-12-5-6-13-21(20)30-22)31(27,28)19-10-3-2-4-11-19/h2-14,22H,15-16H2,1H3,(H,24,26). The number of carbonyl (C=O) groups excluding carboxylic acids is 1. The van der Waals surface area contributed by atoms with Gasteiger partial charge in [0.15, 0.2) is 6.10 Å². The van der Waals surface area contributed by atoms with Crippen LogP contribution in [0, 0.1) is 0 Å². The number of nitrogens with one attached hydrogen (secondary N) is 1. The van der Waals surface area contributed by atoms with E-state index in [1.54, 1.807) is 61.7 Å². The number of hydrogen-bond donors (Lipinski definition) is 1. The first-order chi connectivity index (χ1) is 15.0. The van der Waals surface area contributed by atoms with Gasteiger partial charge < -0.3 is 14.8 Å². The van der Waals surface area contributed by atoms with E-state index in [2.05, 4.69) is 5.32 Å². The highest BCUT2D eigenvalue weighted by Gasteiger charge is 2.37. The normalized spacial score (nSPS) is 15.6. The highest BCUT2D eigenvalue weighted by atomic mass is 32.2. The SMILES string of the molecule is COCc1cccc(NC(=O)C2CN(S(=O)(=O)c3ccccc3)c3ccccc3O2)c1. The minimum absolute atomic E-state index is 0.141. The van der Waals surface area contributed by atoms with E-state index in [0.29, 0.717) is 23.7 Å². The average molecular weight is 439 g/mol. The second-order valence-electron chi connectivity index (χ2n) is 7.05. The van der Waals surface area contributed by atoms with Gasteiger partial charge in [-0.15, -0.1) is 0 Å². The Balaban J connectivity index is 1.62. The minimum atomic E-state index is -3.87. The second kappa shape index (κ2) is 8.79. The molecule has 0 aliphatic carbocycles. The Bertz CT molecular complexity index is 1180. The molecule has 0 aromatic heterocycles. The predicted octanol–water partition coefficient (Wildman–Crippen LogP) is 3.43. The van der Waals surface area contributed by atoms with E-state index < -0.39 is 22.0 Å². The fourth-order valence-corrected chi connectivity index (χ4v) is 4.91. The van der Waals surface area contributed by atoms with Crippen molar-refractivity contribution in [3.63, 3.8) is 0 Å². The summed E-state index contributed by atoms with van der Waals surface area (Å²) in [5, 5.41) is 2.81. The van der Waals surface area contributed by atoms with E-state index in [4.69, 9.17) is 9.47 Å². The number of amides is 1. The molecule has 160 valence electrons. The van der Waals surface area contributed by atoms with Crippen molar-refractivity contribution < 1.29 is 22.7 Å². The molecular formula is C23H22N2O5S. The van der Waals surface area contributed by atoms with Crippen LogP contribution in [0.4, 0.5) is 11.4 Å². The molecule has 0 radical (unpaired) electrons. The van der Waals surface area contributed by atoms with Gasteiger partial charge >= 0.3 is 0 Å². The van der Waals surface area contributed by atoms with Crippen molar-refractivity contribution in [2.24, 2.45) is 0 Å². The number of benzene rings is 3. The quantitative estimate of drug-likeness (QED) is 0.637. The maximum atomic E-state index is 13.3. The maximum absolute atomic E-state index is 13.3. The lowest BCUT2D eigenvalue weighted by Gasteiger charge is -2.34. The van der Waals surface area contributed by atoms with Gasteiger partial charge in [-0.05, 0) is 42.0 Å². The summed E-state index contributed by atoms with van der Waals surface area (Å²) in [7, 11) is -2.27. The van der Waals surface area contributed by atoms with Crippen LogP contribution in [0.2, 0.25) is 0 Å². The van der Waals surface area contributed by atoms with Crippen LogP contribution in [0.5, 0.6) is 5.75 Å². The number of hydrogen-bond acceptors (Lipinski definition) is 5. The van der Waals surface area contributed by atoms with Gasteiger partial charge in [0.25, 0.3) is 15.9 Å². The van der Waals surface area contributed by atoms with Crippen molar-refractivity contribution in [1.29, 1.82) is 0 Å². The van der Waals surface area contributed by atoms with Gasteiger partial charge in [0.2, 0.25) is 0 Å². The molecule has 1 N–H and O–H groups in total. The third-order valence-corrected chi connectivity index (χ3v) is 6.66. The summed E-state index contributed by atoms with van der Waals surface area (Å²) < 4.78 is 38.9. The molecule has 8 heteroatoms. The number of fused-ring (bicyclic) bond motifs is 1. The summed E-state index contributed by atoms with van der Waals surface area (Å²) in [5.41, 5.74) is 1.89. The Morgan fingerprint density at radius 3 is 2.58 bits per heavy atom. The Labute approximate surface area is 181 Å². The molecule has 0 spiro atoms. The summed E-state index contributed by atoms with van der Waals surface area (Å²) in [6, 6.07) is 22.2. The molecular weight excluding hydrogens is 416 g/mol. The molecule has 0 bridgehead atoms. The first kappa shape index (κ1) is 20.9. The maximum Gasteiger partial charge on any atom is 0.267 e. The van der Waals surface area contributed by atoms with E-state index in [-0.39, 0.29) is 11.4 Å². The molecule has 0 saturated carbocycles. The molecule has 31 heavy (non-hydrogen) atoms. The number of para-hydroxylation sites is 2. The van der Waals surface area contributed by atoms with Crippen LogP contribution >= 0.6 is 0 Å². The number of sulfonamides is 1. The van der Waals surface area contributed by atoms with Gasteiger partial charge in [0, 0.05) is 12.8 Å². The Kier molecular flexibility index (Phi) is 5.92. The van der Waals surface area contributed by atoms with E-state index in [9.17, 15) is 13.2 Å². The molecule has 7 nitrogen and oxygen atoms in total. The summed E-state index contributed by atoms with van der Waals surface area (Å²) in [6.07, 6.45) is -1.01. The van der Waals surface area contributed by atoms with Crippen LogP contribution in [-0.2, 0) is 26.2 Å². The third-order valence-electron chi connectivity index (χ3n) is 4.86. The largest absolute Gasteiger partial charge is 0.476 e. The van der Waals surface area contributed by atoms with Crippen LogP contribution in [0.15, 0.2) is 83.8 Å². The van der Waals surface area contributed by atoms with Crippen molar-refractivity contribution in [1.82, 2.24) is 0 Å². The number of carbonyl (C=O) groups is 1. The molecule has 3 aromatic carbocycles. The fourth-order valence-electron chi connectivity index (χ4n) is 3.41. The Morgan fingerprint density at radius 2 is 1.81 bits per heavy atom. The third kappa shape index (κ3) is 4.40. The first-order valence-electron chi connectivity index (χ1n) is 9.71. The highest BCUT2D eigenvalue weighted by molar-refractivity contribution is 7.92. The molecule has 1 aliphatic heterocycles. The van der Waals surface area contributed by atoms with E-state index in [1.165, 1.54) is 16.4 Å². The lowest BCUT2D eigenvalue weighted by molar-refractivity contribution is -0.122. The number of methoxy groups -OCH3 is 1. The lowest BCUT2D eigenvalue weighted by Crippen LogP contribution is -2.48. The number of ether oxygens (including phenoxy) is 2. The van der Waals surface area contributed by atoms with Gasteiger partial charge in [0.05, 0.1) is 23.7 Å². The lowest BCUT2D eigenvalue weighted by atomic mass is 10.2. The minimum Gasteiger partial charge on any atom is -0.476 e. The molecule has 3 aromatic rings. The molecule has 0 saturated heterocycles. The van der Waals surface area contributed by atoms with E-state index in [1.807, 2.05) is 12.1 Å². The van der Waals surface area contributed by atoms with Gasteiger partial charge in [-0.3, -0.25) is 9.10 Å². The van der Waals surface area contributed by atoms with Crippen molar-refractivity contribution in [2.75, 3.05) is 23.3 Å². The Hall–Kier alpha value is -3.36. The Morgan fingerprint density at radius 1 is 1.06 bits per heavy atom. The molecule has 1 aliphatic rings. The molecule has 0 fully saturated rings. The molecule has 1 atom stereocenters. The molecule has 1 heterocycles. The smallest absolute Gasteiger partial charge is 0.267 e. The van der Waals surface area contributed by atoms with E-state index >= 15 is 0 Å². The van der Waals surface area contributed by atoms with Gasteiger partial charge in [0.1, 0.15) is 5.75 Å². The highest BCUT2D eigenvalue weighted by Crippen LogP contribution is 2.36. The van der Waals surface area contributed by atoms with Crippen molar-refractivity contribution in [3.8, 4) is 5.75 Å². The molecule has 1 unspecified atom stereocenters. The predicted molar refractivity (Wildman–Crippen MR) is 118 cm³/mol. The zero-order valence-electron chi connectivity index (χ0n) is 16.9. The molecule has 1 amide bonds. The van der Waals surface area contributed by atoms with Gasteiger partial charge in [-0.25, -0.2) is 8.42 Å². The summed E-state index contributed by atoms with van der Waals surface area (Å²) in [5.74, 6) is -0.0983. The van der Waals surface area contributed by atoms with Gasteiger partial charge in [-0.1, -0.05) is 42.5 Å². The van der Waals surface area contributed by atoms with Crippen LogP contribution in [0.1, 0.15) is 5.56 Å². The number of rotatable bonds is 6. The van der Waals surface area contributed by atoms with Crippen molar-refractivity contribution in [3.05, 3.63) is 84.4 Å². The van der Waals surface area contributed by atoms with Crippen molar-refractivity contribution in [2.45, 2.75) is 17.6 Å². The zero-order chi connectivity index (χ0) is 21.8. The zero-order valence-corrected chi connectivity index (χ0v) is 17.7. The fraction of sp³-hybridized carbons (Fsp3) is 0.174. The van der Waals surface area contributed by atoms with Crippen molar-refractivity contribution >= 4 is 27.3 Å². The summed E-state index contributed by atoms with van der Waals surface area (Å²) in [6.45, 7) is 0.276. The van der Waals surface area contributed by atoms with Crippen LogP contribution < -0.4 is 14.4 Å². The average Bonchev–Trinajstić information content (AvgIpc) is 2.79. The first-order valence-corrected chi connectivity index (χ1v) is 11.2. The number of nitrogens with zero attached hydrogens (tertiary/aromatic N) is 1. The van der Waals surface area contributed by atoms with Gasteiger partial charge in [-0.2, -0.15) is 0 Å². The molecule has 4 rings (SSSR count). The van der Waals surface area contributed by atoms with E-state index in [0.717, 1.165) is 5.56 Å². The summed E-state index contributed by atoms with van der Waals surface area (Å²) >= 11 is 0. The van der Waals surface area contributed by atoms with Crippen LogP contribution in [0.3, 0.4) is 0 Å². The monoisotopic (exact) mass is 438 g/mol. The second-order valence-corrected chi connectivity index (χ2v) is 8.91. The topological polar surface area (TPSA) is 84.9 Å².